The molecular formula is C62H102O6. The highest BCUT2D eigenvalue weighted by molar-refractivity contribution is 5.71. The summed E-state index contributed by atoms with van der Waals surface area (Å²) >= 11 is 0. The Hall–Kier alpha value is -3.93. The molecule has 0 saturated carbocycles. The number of allylic oxidation sites excluding steroid dienone is 18. The molecule has 68 heavy (non-hydrogen) atoms. The van der Waals surface area contributed by atoms with Gasteiger partial charge >= 0.3 is 17.9 Å². The Labute approximate surface area is 419 Å². The van der Waals surface area contributed by atoms with Gasteiger partial charge in [-0.2, -0.15) is 0 Å². The average molecular weight is 943 g/mol. The van der Waals surface area contributed by atoms with Gasteiger partial charge in [-0.3, -0.25) is 14.4 Å². The molecule has 6 heteroatoms. The van der Waals surface area contributed by atoms with E-state index in [4.69, 9.17) is 14.2 Å². The monoisotopic (exact) mass is 943 g/mol. The van der Waals surface area contributed by atoms with Gasteiger partial charge < -0.3 is 14.2 Å². The minimum atomic E-state index is -0.818. The van der Waals surface area contributed by atoms with Crippen LogP contribution >= 0.6 is 0 Å². The Balaban J connectivity index is 4.48. The first-order valence-corrected chi connectivity index (χ1v) is 28.0. The molecule has 0 N–H and O–H groups in total. The molecule has 0 bridgehead atoms. The molecule has 0 saturated heterocycles. The molecular weight excluding hydrogens is 841 g/mol. The lowest BCUT2D eigenvalue weighted by Crippen LogP contribution is -2.30. The summed E-state index contributed by atoms with van der Waals surface area (Å²) in [4.78, 5) is 38.1. The highest BCUT2D eigenvalue weighted by Gasteiger charge is 2.19. The Kier molecular flexibility index (Phi) is 52.4. The van der Waals surface area contributed by atoms with E-state index in [1.54, 1.807) is 0 Å². The fourth-order valence-electron chi connectivity index (χ4n) is 7.45. The lowest BCUT2D eigenvalue weighted by Gasteiger charge is -2.18. The third-order valence-corrected chi connectivity index (χ3v) is 11.7. The van der Waals surface area contributed by atoms with Crippen LogP contribution in [0.15, 0.2) is 109 Å². The van der Waals surface area contributed by atoms with Gasteiger partial charge in [0.05, 0.1) is 0 Å². The zero-order chi connectivity index (χ0) is 49.3. The maximum absolute atomic E-state index is 12.8. The topological polar surface area (TPSA) is 78.9 Å². The van der Waals surface area contributed by atoms with Crippen LogP contribution < -0.4 is 0 Å². The maximum atomic E-state index is 12.8. The molecule has 0 aromatic carbocycles. The minimum Gasteiger partial charge on any atom is -0.462 e. The zero-order valence-corrected chi connectivity index (χ0v) is 44.1. The number of esters is 3. The van der Waals surface area contributed by atoms with Gasteiger partial charge in [0.25, 0.3) is 0 Å². The molecule has 0 fully saturated rings. The lowest BCUT2D eigenvalue weighted by atomic mass is 10.1. The number of carbonyl (C=O) groups is 3. The summed E-state index contributed by atoms with van der Waals surface area (Å²) in [5.74, 6) is -1.01. The number of hydrogen-bond donors (Lipinski definition) is 0. The number of carbonyl (C=O) groups excluding carboxylic acids is 3. The SMILES string of the molecule is CC/C=C/C=C/C=C/C=C/C=C/CCCC(=O)OCC(COC(=O)CCCCCCCCCCCC/C=C/C=C/CCCCC)OC(=O)CCCCCCC/C=C/C=C/CCCCCCCCC. The molecule has 0 aromatic rings. The summed E-state index contributed by atoms with van der Waals surface area (Å²) in [6.07, 6.45) is 75.1. The zero-order valence-electron chi connectivity index (χ0n) is 44.1. The third kappa shape index (κ3) is 53.0. The molecule has 1 unspecified atom stereocenters. The van der Waals surface area contributed by atoms with E-state index in [1.165, 1.54) is 128 Å². The Morgan fingerprint density at radius 2 is 0.588 bits per heavy atom. The molecule has 0 heterocycles. The van der Waals surface area contributed by atoms with Gasteiger partial charge in [-0.1, -0.05) is 252 Å². The Bertz CT molecular complexity index is 1410. The Morgan fingerprint density at radius 1 is 0.309 bits per heavy atom. The van der Waals surface area contributed by atoms with Crippen LogP contribution in [0.2, 0.25) is 0 Å². The summed E-state index contributed by atoms with van der Waals surface area (Å²) in [5, 5.41) is 0. The number of unbranched alkanes of at least 4 members (excludes halogenated alkanes) is 26. The summed E-state index contributed by atoms with van der Waals surface area (Å²) in [6.45, 7) is 6.38. The quantitative estimate of drug-likeness (QED) is 0.0262. The second kappa shape index (κ2) is 55.7. The van der Waals surface area contributed by atoms with Gasteiger partial charge in [-0.25, -0.2) is 0 Å². The second-order valence-electron chi connectivity index (χ2n) is 18.3. The van der Waals surface area contributed by atoms with Crippen molar-refractivity contribution in [3.63, 3.8) is 0 Å². The molecule has 0 spiro atoms. The van der Waals surface area contributed by atoms with Gasteiger partial charge in [0.2, 0.25) is 0 Å². The Morgan fingerprint density at radius 3 is 1.00 bits per heavy atom. The molecule has 0 aliphatic carbocycles. The summed E-state index contributed by atoms with van der Waals surface area (Å²) < 4.78 is 16.8. The van der Waals surface area contributed by atoms with E-state index in [-0.39, 0.29) is 37.5 Å². The van der Waals surface area contributed by atoms with Crippen LogP contribution in [-0.2, 0) is 28.6 Å². The first kappa shape index (κ1) is 64.1. The number of hydrogen-bond acceptors (Lipinski definition) is 6. The van der Waals surface area contributed by atoms with Crippen molar-refractivity contribution >= 4 is 17.9 Å². The predicted octanol–water partition coefficient (Wildman–Crippen LogP) is 18.7. The van der Waals surface area contributed by atoms with E-state index >= 15 is 0 Å². The number of ether oxygens (including phenoxy) is 3. The van der Waals surface area contributed by atoms with E-state index in [2.05, 4.69) is 75.5 Å². The van der Waals surface area contributed by atoms with E-state index in [1.807, 2.05) is 54.7 Å². The molecule has 1 atom stereocenters. The van der Waals surface area contributed by atoms with Gasteiger partial charge in [0, 0.05) is 19.3 Å². The molecule has 0 aliphatic heterocycles. The van der Waals surface area contributed by atoms with Gasteiger partial charge in [0.1, 0.15) is 13.2 Å². The van der Waals surface area contributed by atoms with Crippen molar-refractivity contribution in [2.45, 2.75) is 252 Å². The van der Waals surface area contributed by atoms with Crippen molar-refractivity contribution in [1.82, 2.24) is 0 Å². The van der Waals surface area contributed by atoms with Gasteiger partial charge in [0.15, 0.2) is 6.10 Å². The van der Waals surface area contributed by atoms with Crippen LogP contribution in [0.1, 0.15) is 245 Å². The normalized spacial score (nSPS) is 12.9. The minimum absolute atomic E-state index is 0.110. The van der Waals surface area contributed by atoms with E-state index in [0.717, 1.165) is 70.6 Å². The molecule has 0 radical (unpaired) electrons. The summed E-state index contributed by atoms with van der Waals surface area (Å²) in [7, 11) is 0. The molecule has 0 rings (SSSR count). The standard InChI is InChI=1S/C62H102O6/c1-4-7-10-13-16-19-22-25-27-29-31-33-34-37-40-43-46-49-52-55-61(64)67-58-59(57-66-60(63)54-51-48-45-42-39-36-24-21-18-15-12-9-6-3)68-62(65)56-53-50-47-44-41-38-35-32-30-28-26-23-20-17-14-11-8-5-2/h9,12,15-16,18-19,21-22,24-25,28,30,32,35-36,39,42,45,59H,4-8,10-11,13-14,17,20,23,26-27,29,31,33-34,37-38,40-41,43-44,46-58H2,1-3H3/b12-9+,18-15+,19-16+,24-21+,25-22+,30-28+,35-32+,39-36+,45-42+. The van der Waals surface area contributed by atoms with Crippen molar-refractivity contribution in [3.8, 4) is 0 Å². The van der Waals surface area contributed by atoms with Crippen molar-refractivity contribution in [2.24, 2.45) is 0 Å². The van der Waals surface area contributed by atoms with Crippen LogP contribution in [-0.4, -0.2) is 37.2 Å². The molecule has 6 nitrogen and oxygen atoms in total. The van der Waals surface area contributed by atoms with E-state index in [9.17, 15) is 14.4 Å². The van der Waals surface area contributed by atoms with Gasteiger partial charge in [-0.05, 0) is 83.5 Å². The van der Waals surface area contributed by atoms with Crippen LogP contribution in [0, 0.1) is 0 Å². The fourth-order valence-corrected chi connectivity index (χ4v) is 7.45. The van der Waals surface area contributed by atoms with E-state index in [0.29, 0.717) is 19.3 Å². The highest BCUT2D eigenvalue weighted by atomic mass is 16.6. The summed E-state index contributed by atoms with van der Waals surface area (Å²) in [6, 6.07) is 0. The van der Waals surface area contributed by atoms with E-state index < -0.39 is 6.10 Å². The third-order valence-electron chi connectivity index (χ3n) is 11.7. The largest absolute Gasteiger partial charge is 0.462 e. The molecule has 0 aromatic heterocycles. The average Bonchev–Trinajstić information content (AvgIpc) is 3.34. The first-order valence-electron chi connectivity index (χ1n) is 28.0. The summed E-state index contributed by atoms with van der Waals surface area (Å²) in [5.41, 5.74) is 0. The predicted molar refractivity (Wildman–Crippen MR) is 293 cm³/mol. The maximum Gasteiger partial charge on any atom is 0.306 e. The van der Waals surface area contributed by atoms with Crippen LogP contribution in [0.4, 0.5) is 0 Å². The highest BCUT2D eigenvalue weighted by Crippen LogP contribution is 2.14. The first-order chi connectivity index (χ1) is 33.5. The second-order valence-corrected chi connectivity index (χ2v) is 18.3. The van der Waals surface area contributed by atoms with Crippen LogP contribution in [0.25, 0.3) is 0 Å². The van der Waals surface area contributed by atoms with Crippen molar-refractivity contribution in [2.75, 3.05) is 13.2 Å². The van der Waals surface area contributed by atoms with Crippen LogP contribution in [0.3, 0.4) is 0 Å². The fraction of sp³-hybridized carbons (Fsp3) is 0.661. The van der Waals surface area contributed by atoms with Crippen molar-refractivity contribution in [3.05, 3.63) is 109 Å². The smallest absolute Gasteiger partial charge is 0.306 e. The molecule has 0 aliphatic rings. The van der Waals surface area contributed by atoms with Crippen molar-refractivity contribution in [1.29, 1.82) is 0 Å². The van der Waals surface area contributed by atoms with Crippen molar-refractivity contribution < 1.29 is 28.6 Å². The molecule has 386 valence electrons. The van der Waals surface area contributed by atoms with Crippen LogP contribution in [0.5, 0.6) is 0 Å². The lowest BCUT2D eigenvalue weighted by molar-refractivity contribution is -0.167. The van der Waals surface area contributed by atoms with Gasteiger partial charge in [-0.15, -0.1) is 0 Å². The number of rotatable bonds is 49. The molecule has 0 amide bonds.